The summed E-state index contributed by atoms with van der Waals surface area (Å²) in [5.41, 5.74) is 1.90. The lowest BCUT2D eigenvalue weighted by Crippen LogP contribution is -2.51. The molecule has 0 heterocycles. The van der Waals surface area contributed by atoms with E-state index in [0.717, 1.165) is 37.3 Å². The van der Waals surface area contributed by atoms with Gasteiger partial charge in [-0.15, -0.1) is 0 Å². The molecule has 0 aliphatic rings. The van der Waals surface area contributed by atoms with E-state index in [4.69, 9.17) is 4.74 Å². The number of ether oxygens (including phenoxy) is 1. The summed E-state index contributed by atoms with van der Waals surface area (Å²) in [5, 5.41) is 5.08. The smallest absolute Gasteiger partial charge is 0.261 e. The Labute approximate surface area is 240 Å². The molecule has 0 unspecified atom stereocenters. The lowest BCUT2D eigenvalue weighted by molar-refractivity contribution is -0.142. The Hall–Kier alpha value is -3.16. The topological polar surface area (TPSA) is 58.6 Å². The number of nitrogens with zero attached hydrogens (tertiary/aromatic N) is 1. The summed E-state index contributed by atoms with van der Waals surface area (Å²) in [6, 6.07) is 28.7. The third-order valence-corrected chi connectivity index (χ3v) is 7.55. The predicted molar refractivity (Wildman–Crippen MR) is 159 cm³/mol. The van der Waals surface area contributed by atoms with E-state index < -0.39 is 6.04 Å². The second-order valence-corrected chi connectivity index (χ2v) is 10.7. The van der Waals surface area contributed by atoms with Gasteiger partial charge in [-0.25, -0.2) is 0 Å². The number of hydrogen-bond donors (Lipinski definition) is 1. The highest BCUT2D eigenvalue weighted by Gasteiger charge is 2.30. The van der Waals surface area contributed by atoms with Crippen LogP contribution in [-0.4, -0.2) is 35.9 Å². The van der Waals surface area contributed by atoms with E-state index in [2.05, 4.69) is 37.2 Å². The molecule has 0 aliphatic carbocycles. The van der Waals surface area contributed by atoms with Crippen LogP contribution in [0.4, 0.5) is 0 Å². The number of benzene rings is 4. The van der Waals surface area contributed by atoms with E-state index in [1.54, 1.807) is 4.90 Å². The van der Waals surface area contributed by atoms with Crippen LogP contribution in [0.3, 0.4) is 0 Å². The van der Waals surface area contributed by atoms with Gasteiger partial charge in [0.05, 0.1) is 4.47 Å². The van der Waals surface area contributed by atoms with Gasteiger partial charge in [-0.1, -0.05) is 95.7 Å². The van der Waals surface area contributed by atoms with E-state index in [1.165, 1.54) is 0 Å². The molecule has 0 aliphatic heterocycles. The van der Waals surface area contributed by atoms with Crippen LogP contribution in [0.15, 0.2) is 99.9 Å². The molecular weight excluding hydrogens is 608 g/mol. The minimum absolute atomic E-state index is 0.175. The Balaban J connectivity index is 1.63. The minimum atomic E-state index is -0.695. The molecular formula is C31H30Br2N2O3. The van der Waals surface area contributed by atoms with Crippen molar-refractivity contribution in [3.05, 3.63) is 111 Å². The third-order valence-electron chi connectivity index (χ3n) is 6.24. The fraction of sp³-hybridized carbons (Fsp3) is 0.226. The third kappa shape index (κ3) is 7.23. The van der Waals surface area contributed by atoms with Crippen molar-refractivity contribution < 1.29 is 14.3 Å². The van der Waals surface area contributed by atoms with E-state index in [1.807, 2.05) is 97.9 Å². The van der Waals surface area contributed by atoms with Crippen molar-refractivity contribution >= 4 is 54.4 Å². The highest BCUT2D eigenvalue weighted by molar-refractivity contribution is 9.11. The molecule has 5 nitrogen and oxygen atoms in total. The zero-order valence-corrected chi connectivity index (χ0v) is 24.4. The van der Waals surface area contributed by atoms with Crippen LogP contribution in [0.2, 0.25) is 0 Å². The molecule has 1 N–H and O–H groups in total. The zero-order valence-electron chi connectivity index (χ0n) is 21.2. The Morgan fingerprint density at radius 3 is 2.39 bits per heavy atom. The lowest BCUT2D eigenvalue weighted by Gasteiger charge is -2.31. The van der Waals surface area contributed by atoms with Gasteiger partial charge in [0.15, 0.2) is 6.61 Å². The second-order valence-electron chi connectivity index (χ2n) is 9.04. The highest BCUT2D eigenvalue weighted by atomic mass is 79.9. The predicted octanol–water partition coefficient (Wildman–Crippen LogP) is 6.91. The normalized spacial score (nSPS) is 11.7. The first-order valence-electron chi connectivity index (χ1n) is 12.6. The molecule has 38 heavy (non-hydrogen) atoms. The first-order valence-corrected chi connectivity index (χ1v) is 14.2. The standard InChI is InChI=1S/C31H30Br2N2O3/c1-2-17-34-31(37)27(19-22-9-4-3-5-10-22)35(20-23-11-8-13-25(32)18-23)29(36)21-38-28-16-15-24-12-6-7-14-26(24)30(28)33/h3-16,18,27H,2,17,19-21H2,1H3,(H,34,37)/t27-/m0/s1. The van der Waals surface area contributed by atoms with Crippen molar-refractivity contribution in [3.63, 3.8) is 0 Å². The van der Waals surface area contributed by atoms with Crippen molar-refractivity contribution in [2.24, 2.45) is 0 Å². The highest BCUT2D eigenvalue weighted by Crippen LogP contribution is 2.33. The maximum Gasteiger partial charge on any atom is 0.261 e. The summed E-state index contributed by atoms with van der Waals surface area (Å²) < 4.78 is 7.74. The van der Waals surface area contributed by atoms with E-state index in [-0.39, 0.29) is 25.0 Å². The molecule has 4 aromatic rings. The Kier molecular flexibility index (Phi) is 9.96. The van der Waals surface area contributed by atoms with Gasteiger partial charge in [0.25, 0.3) is 5.91 Å². The van der Waals surface area contributed by atoms with Gasteiger partial charge in [-0.3, -0.25) is 9.59 Å². The number of halogens is 2. The summed E-state index contributed by atoms with van der Waals surface area (Å²) in [6.45, 7) is 2.63. The second kappa shape index (κ2) is 13.6. The maximum atomic E-state index is 13.8. The largest absolute Gasteiger partial charge is 0.483 e. The van der Waals surface area contributed by atoms with Gasteiger partial charge in [-0.05, 0) is 62.4 Å². The van der Waals surface area contributed by atoms with Crippen LogP contribution < -0.4 is 10.1 Å². The number of carbonyl (C=O) groups is 2. The fourth-order valence-electron chi connectivity index (χ4n) is 4.30. The minimum Gasteiger partial charge on any atom is -0.483 e. The summed E-state index contributed by atoms with van der Waals surface area (Å²) in [7, 11) is 0. The molecule has 0 saturated heterocycles. The summed E-state index contributed by atoms with van der Waals surface area (Å²) in [6.07, 6.45) is 1.21. The average Bonchev–Trinajstić information content (AvgIpc) is 2.94. The SMILES string of the molecule is CCCNC(=O)[C@H](Cc1ccccc1)N(Cc1cccc(Br)c1)C(=O)COc1ccc2ccccc2c1Br. The van der Waals surface area contributed by atoms with Gasteiger partial charge in [-0.2, -0.15) is 0 Å². The molecule has 4 aromatic carbocycles. The van der Waals surface area contributed by atoms with Crippen LogP contribution in [0, 0.1) is 0 Å². The van der Waals surface area contributed by atoms with Crippen molar-refractivity contribution in [3.8, 4) is 5.75 Å². The number of amides is 2. The lowest BCUT2D eigenvalue weighted by atomic mass is 10.0. The monoisotopic (exact) mass is 636 g/mol. The number of carbonyl (C=O) groups excluding carboxylic acids is 2. The van der Waals surface area contributed by atoms with E-state index >= 15 is 0 Å². The van der Waals surface area contributed by atoms with Crippen LogP contribution in [0.5, 0.6) is 5.75 Å². The average molecular weight is 638 g/mol. The quantitative estimate of drug-likeness (QED) is 0.194. The molecule has 0 spiro atoms. The van der Waals surface area contributed by atoms with E-state index in [0.29, 0.717) is 18.7 Å². The molecule has 0 saturated carbocycles. The number of fused-ring (bicyclic) bond motifs is 1. The van der Waals surface area contributed by atoms with Gasteiger partial charge in [0.2, 0.25) is 5.91 Å². The van der Waals surface area contributed by atoms with Crippen molar-refractivity contribution in [2.45, 2.75) is 32.4 Å². The molecule has 4 rings (SSSR count). The Morgan fingerprint density at radius 1 is 0.895 bits per heavy atom. The molecule has 1 atom stereocenters. The van der Waals surface area contributed by atoms with Gasteiger partial charge < -0.3 is 15.0 Å². The van der Waals surface area contributed by atoms with Gasteiger partial charge in [0.1, 0.15) is 11.8 Å². The van der Waals surface area contributed by atoms with Crippen molar-refractivity contribution in [1.82, 2.24) is 10.2 Å². The molecule has 0 aromatic heterocycles. The summed E-state index contributed by atoms with van der Waals surface area (Å²) in [4.78, 5) is 28.8. The first kappa shape index (κ1) is 27.9. The molecule has 196 valence electrons. The Morgan fingerprint density at radius 2 is 1.63 bits per heavy atom. The number of hydrogen-bond acceptors (Lipinski definition) is 3. The maximum absolute atomic E-state index is 13.8. The Bertz CT molecular complexity index is 1390. The van der Waals surface area contributed by atoms with Gasteiger partial charge >= 0.3 is 0 Å². The van der Waals surface area contributed by atoms with Crippen molar-refractivity contribution in [1.29, 1.82) is 0 Å². The fourth-order valence-corrected chi connectivity index (χ4v) is 5.35. The van der Waals surface area contributed by atoms with Crippen LogP contribution in [0.25, 0.3) is 10.8 Å². The van der Waals surface area contributed by atoms with Crippen LogP contribution in [-0.2, 0) is 22.6 Å². The van der Waals surface area contributed by atoms with Crippen molar-refractivity contribution in [2.75, 3.05) is 13.2 Å². The van der Waals surface area contributed by atoms with Gasteiger partial charge in [0, 0.05) is 24.0 Å². The number of nitrogens with one attached hydrogen (secondary N) is 1. The number of rotatable bonds is 11. The van der Waals surface area contributed by atoms with Crippen LogP contribution in [0.1, 0.15) is 24.5 Å². The summed E-state index contributed by atoms with van der Waals surface area (Å²) in [5.74, 6) is 0.137. The molecule has 2 amide bonds. The zero-order chi connectivity index (χ0) is 26.9. The van der Waals surface area contributed by atoms with E-state index in [9.17, 15) is 9.59 Å². The molecule has 0 radical (unpaired) electrons. The first-order chi connectivity index (χ1) is 18.5. The molecule has 7 heteroatoms. The molecule has 0 bridgehead atoms. The van der Waals surface area contributed by atoms with Crippen LogP contribution >= 0.6 is 31.9 Å². The summed E-state index contributed by atoms with van der Waals surface area (Å²) >= 11 is 7.16. The molecule has 0 fully saturated rings.